The average molecular weight is 209 g/mol. The van der Waals surface area contributed by atoms with Crippen molar-refractivity contribution in [3.63, 3.8) is 0 Å². The van der Waals surface area contributed by atoms with Crippen LogP contribution in [0.15, 0.2) is 10.7 Å². The van der Waals surface area contributed by atoms with Gasteiger partial charge in [0.1, 0.15) is 6.26 Å². The molecule has 0 fully saturated rings. The standard InChI is InChI=1S/C13H23NO/c1-5-7-9-13(4,8-6-2)12-10-15-11(3)14-12/h10H,5-9H2,1-4H3. The molecule has 1 aromatic heterocycles. The summed E-state index contributed by atoms with van der Waals surface area (Å²) in [5, 5.41) is 0. The van der Waals surface area contributed by atoms with Gasteiger partial charge >= 0.3 is 0 Å². The molecule has 0 saturated heterocycles. The number of aromatic nitrogens is 1. The van der Waals surface area contributed by atoms with E-state index in [4.69, 9.17) is 4.42 Å². The Bertz CT molecular complexity index is 292. The lowest BCUT2D eigenvalue weighted by Crippen LogP contribution is -2.22. The highest BCUT2D eigenvalue weighted by Crippen LogP contribution is 2.33. The number of aryl methyl sites for hydroxylation is 1. The van der Waals surface area contributed by atoms with Crippen molar-refractivity contribution in [1.82, 2.24) is 4.98 Å². The fraction of sp³-hybridized carbons (Fsp3) is 0.769. The van der Waals surface area contributed by atoms with E-state index in [-0.39, 0.29) is 5.41 Å². The molecule has 0 aliphatic rings. The normalized spacial score (nSPS) is 15.2. The third kappa shape index (κ3) is 3.08. The summed E-state index contributed by atoms with van der Waals surface area (Å²) in [5.41, 5.74) is 1.35. The Balaban J connectivity index is 2.79. The highest BCUT2D eigenvalue weighted by atomic mass is 16.3. The fourth-order valence-electron chi connectivity index (χ4n) is 2.14. The molecule has 0 aliphatic carbocycles. The van der Waals surface area contributed by atoms with Gasteiger partial charge in [-0.1, -0.05) is 40.0 Å². The summed E-state index contributed by atoms with van der Waals surface area (Å²) in [6, 6.07) is 0. The Labute approximate surface area is 93.1 Å². The monoisotopic (exact) mass is 209 g/mol. The van der Waals surface area contributed by atoms with Gasteiger partial charge in [0.2, 0.25) is 0 Å². The van der Waals surface area contributed by atoms with Crippen molar-refractivity contribution in [2.45, 2.75) is 65.2 Å². The summed E-state index contributed by atoms with van der Waals surface area (Å²) in [4.78, 5) is 4.49. The highest BCUT2D eigenvalue weighted by molar-refractivity contribution is 5.11. The van der Waals surface area contributed by atoms with Gasteiger partial charge in [-0.2, -0.15) is 0 Å². The van der Waals surface area contributed by atoms with Gasteiger partial charge in [0.25, 0.3) is 0 Å². The molecule has 1 rings (SSSR count). The number of nitrogens with zero attached hydrogens (tertiary/aromatic N) is 1. The van der Waals surface area contributed by atoms with Crippen LogP contribution in [-0.4, -0.2) is 4.98 Å². The Morgan fingerprint density at radius 1 is 1.27 bits per heavy atom. The molecular formula is C13H23NO. The molecule has 1 atom stereocenters. The Kier molecular flexibility index (Phi) is 4.37. The van der Waals surface area contributed by atoms with Crippen LogP contribution >= 0.6 is 0 Å². The Hall–Kier alpha value is -0.790. The summed E-state index contributed by atoms with van der Waals surface area (Å²) in [6.45, 7) is 8.69. The molecule has 15 heavy (non-hydrogen) atoms. The number of unbranched alkanes of at least 4 members (excludes halogenated alkanes) is 1. The van der Waals surface area contributed by atoms with Gasteiger partial charge in [0, 0.05) is 12.3 Å². The minimum Gasteiger partial charge on any atom is -0.449 e. The van der Waals surface area contributed by atoms with E-state index >= 15 is 0 Å². The van der Waals surface area contributed by atoms with Gasteiger partial charge in [0.05, 0.1) is 5.69 Å². The smallest absolute Gasteiger partial charge is 0.191 e. The number of hydrogen-bond acceptors (Lipinski definition) is 2. The first kappa shape index (κ1) is 12.3. The van der Waals surface area contributed by atoms with Gasteiger partial charge in [-0.05, 0) is 12.8 Å². The Morgan fingerprint density at radius 2 is 2.00 bits per heavy atom. The molecule has 2 heteroatoms. The van der Waals surface area contributed by atoms with Crippen molar-refractivity contribution >= 4 is 0 Å². The van der Waals surface area contributed by atoms with Crippen molar-refractivity contribution < 1.29 is 4.42 Å². The minimum atomic E-state index is 0.211. The van der Waals surface area contributed by atoms with Crippen molar-refractivity contribution in [2.24, 2.45) is 0 Å². The van der Waals surface area contributed by atoms with Gasteiger partial charge in [-0.3, -0.25) is 0 Å². The van der Waals surface area contributed by atoms with E-state index in [0.29, 0.717) is 0 Å². The van der Waals surface area contributed by atoms with E-state index in [1.54, 1.807) is 0 Å². The predicted molar refractivity (Wildman–Crippen MR) is 63.0 cm³/mol. The molecule has 0 bridgehead atoms. The van der Waals surface area contributed by atoms with Crippen molar-refractivity contribution in [2.75, 3.05) is 0 Å². The number of rotatable bonds is 6. The van der Waals surface area contributed by atoms with Crippen LogP contribution in [0.2, 0.25) is 0 Å². The maximum atomic E-state index is 5.33. The van der Waals surface area contributed by atoms with Gasteiger partial charge in [-0.15, -0.1) is 0 Å². The second-order valence-electron chi connectivity index (χ2n) is 4.67. The molecule has 0 spiro atoms. The lowest BCUT2D eigenvalue weighted by Gasteiger charge is -2.26. The van der Waals surface area contributed by atoms with Crippen LogP contribution in [0.5, 0.6) is 0 Å². The number of hydrogen-bond donors (Lipinski definition) is 0. The van der Waals surface area contributed by atoms with Gasteiger partial charge in [-0.25, -0.2) is 4.98 Å². The van der Waals surface area contributed by atoms with Crippen LogP contribution in [0.25, 0.3) is 0 Å². The van der Waals surface area contributed by atoms with E-state index < -0.39 is 0 Å². The van der Waals surface area contributed by atoms with Gasteiger partial charge < -0.3 is 4.42 Å². The fourth-order valence-corrected chi connectivity index (χ4v) is 2.14. The molecule has 0 aliphatic heterocycles. The molecular weight excluding hydrogens is 186 g/mol. The largest absolute Gasteiger partial charge is 0.449 e. The molecule has 1 unspecified atom stereocenters. The zero-order chi connectivity index (χ0) is 11.3. The SMILES string of the molecule is CCCCC(C)(CCC)c1coc(C)n1. The van der Waals surface area contributed by atoms with E-state index in [2.05, 4.69) is 25.8 Å². The van der Waals surface area contributed by atoms with Crippen molar-refractivity contribution in [3.8, 4) is 0 Å². The van der Waals surface area contributed by atoms with Crippen molar-refractivity contribution in [3.05, 3.63) is 17.8 Å². The molecule has 0 radical (unpaired) electrons. The second kappa shape index (κ2) is 5.34. The third-order valence-electron chi connectivity index (χ3n) is 3.12. The Morgan fingerprint density at radius 3 is 2.47 bits per heavy atom. The highest BCUT2D eigenvalue weighted by Gasteiger charge is 2.28. The summed E-state index contributed by atoms with van der Waals surface area (Å²) in [6.07, 6.45) is 7.95. The summed E-state index contributed by atoms with van der Waals surface area (Å²) >= 11 is 0. The molecule has 0 aromatic carbocycles. The lowest BCUT2D eigenvalue weighted by atomic mass is 9.78. The van der Waals surface area contributed by atoms with Crippen LogP contribution < -0.4 is 0 Å². The van der Waals surface area contributed by atoms with E-state index in [9.17, 15) is 0 Å². The summed E-state index contributed by atoms with van der Waals surface area (Å²) in [7, 11) is 0. The van der Waals surface area contributed by atoms with E-state index in [1.807, 2.05) is 13.2 Å². The van der Waals surface area contributed by atoms with Crippen LogP contribution in [0.4, 0.5) is 0 Å². The summed E-state index contributed by atoms with van der Waals surface area (Å²) < 4.78 is 5.33. The van der Waals surface area contributed by atoms with Crippen LogP contribution in [0.1, 0.15) is 64.5 Å². The van der Waals surface area contributed by atoms with Crippen LogP contribution in [0.3, 0.4) is 0 Å². The maximum Gasteiger partial charge on any atom is 0.191 e. The topological polar surface area (TPSA) is 26.0 Å². The van der Waals surface area contributed by atoms with E-state index in [0.717, 1.165) is 11.6 Å². The zero-order valence-electron chi connectivity index (χ0n) is 10.5. The van der Waals surface area contributed by atoms with Crippen LogP contribution in [0, 0.1) is 6.92 Å². The van der Waals surface area contributed by atoms with Gasteiger partial charge in [0.15, 0.2) is 5.89 Å². The molecule has 0 amide bonds. The van der Waals surface area contributed by atoms with E-state index in [1.165, 1.54) is 32.1 Å². The third-order valence-corrected chi connectivity index (χ3v) is 3.12. The second-order valence-corrected chi connectivity index (χ2v) is 4.67. The first-order valence-corrected chi connectivity index (χ1v) is 6.05. The average Bonchev–Trinajstić information content (AvgIpc) is 2.63. The predicted octanol–water partition coefficient (Wildman–Crippen LogP) is 4.23. The molecule has 2 nitrogen and oxygen atoms in total. The first-order valence-electron chi connectivity index (χ1n) is 6.05. The number of oxazole rings is 1. The minimum absolute atomic E-state index is 0.211. The molecule has 1 aromatic rings. The molecule has 1 heterocycles. The van der Waals surface area contributed by atoms with Crippen LogP contribution in [-0.2, 0) is 5.41 Å². The van der Waals surface area contributed by atoms with Crippen molar-refractivity contribution in [1.29, 1.82) is 0 Å². The molecule has 0 N–H and O–H groups in total. The molecule has 86 valence electrons. The molecule has 0 saturated carbocycles. The zero-order valence-corrected chi connectivity index (χ0v) is 10.5. The quantitative estimate of drug-likeness (QED) is 0.700. The maximum absolute atomic E-state index is 5.33. The lowest BCUT2D eigenvalue weighted by molar-refractivity contribution is 0.372. The summed E-state index contributed by atoms with van der Waals surface area (Å²) in [5.74, 6) is 0.781. The first-order chi connectivity index (χ1) is 7.12.